The first-order valence-electron chi connectivity index (χ1n) is 12.0. The second-order valence-corrected chi connectivity index (χ2v) is 9.81. The molecule has 1 aliphatic heterocycles. The average Bonchev–Trinajstić information content (AvgIpc) is 2.82. The fourth-order valence-corrected chi connectivity index (χ4v) is 5.17. The lowest BCUT2D eigenvalue weighted by Gasteiger charge is -2.33. The van der Waals surface area contributed by atoms with Crippen LogP contribution in [0.1, 0.15) is 62.4 Å². The molecule has 1 amide bonds. The Morgan fingerprint density at radius 3 is 2.67 bits per heavy atom. The number of hydrogen-bond acceptors (Lipinski definition) is 6. The monoisotopic (exact) mass is 489 g/mol. The van der Waals surface area contributed by atoms with E-state index in [1.807, 2.05) is 24.3 Å². The second kappa shape index (κ2) is 13.2. The minimum atomic E-state index is -0.0112. The number of amides is 1. The number of rotatable bonds is 11. The lowest BCUT2D eigenvalue weighted by molar-refractivity contribution is 0.0949. The normalized spacial score (nSPS) is 16.5. The van der Waals surface area contributed by atoms with Gasteiger partial charge < -0.3 is 15.1 Å². The maximum atomic E-state index is 12.5. The van der Waals surface area contributed by atoms with Crippen molar-refractivity contribution in [3.8, 4) is 0 Å². The van der Waals surface area contributed by atoms with Gasteiger partial charge in [0.2, 0.25) is 0 Å². The van der Waals surface area contributed by atoms with Crippen LogP contribution in [0.4, 0.5) is 5.82 Å². The van der Waals surface area contributed by atoms with Crippen molar-refractivity contribution in [2.45, 2.75) is 63.4 Å². The lowest BCUT2D eigenvalue weighted by atomic mass is 10.0. The van der Waals surface area contributed by atoms with Crippen molar-refractivity contribution in [2.24, 2.45) is 0 Å². The van der Waals surface area contributed by atoms with E-state index in [2.05, 4.69) is 45.9 Å². The Hall–Kier alpha value is -1.83. The van der Waals surface area contributed by atoms with E-state index in [1.165, 1.54) is 25.8 Å². The van der Waals surface area contributed by atoms with E-state index in [-0.39, 0.29) is 5.91 Å². The predicted octanol–water partition coefficient (Wildman–Crippen LogP) is 5.26. The van der Waals surface area contributed by atoms with Gasteiger partial charge in [0.25, 0.3) is 5.91 Å². The van der Waals surface area contributed by atoms with Crippen molar-refractivity contribution < 1.29 is 4.79 Å². The average molecular weight is 490 g/mol. The first kappa shape index (κ1) is 25.8. The molecular formula is C25H36ClN5OS. The number of piperidine rings is 1. The molecule has 1 saturated heterocycles. The van der Waals surface area contributed by atoms with Gasteiger partial charge >= 0.3 is 0 Å². The number of carbonyl (C=O) groups excluding carboxylic acids is 1. The van der Waals surface area contributed by atoms with Crippen LogP contribution in [0.2, 0.25) is 5.15 Å². The molecule has 2 aromatic rings. The number of hydrogen-bond donors (Lipinski definition) is 1. The molecule has 33 heavy (non-hydrogen) atoms. The highest BCUT2D eigenvalue weighted by Crippen LogP contribution is 2.25. The lowest BCUT2D eigenvalue weighted by Crippen LogP contribution is -2.39. The largest absolute Gasteiger partial charge is 0.357 e. The predicted molar refractivity (Wildman–Crippen MR) is 138 cm³/mol. The highest BCUT2D eigenvalue weighted by atomic mass is 35.5. The minimum Gasteiger partial charge on any atom is -0.357 e. The van der Waals surface area contributed by atoms with Gasteiger partial charge in [0.15, 0.2) is 5.16 Å². The summed E-state index contributed by atoms with van der Waals surface area (Å²) in [5.74, 6) is 1.56. The van der Waals surface area contributed by atoms with Crippen molar-refractivity contribution in [1.29, 1.82) is 0 Å². The van der Waals surface area contributed by atoms with Crippen LogP contribution in [-0.4, -0.2) is 59.5 Å². The van der Waals surface area contributed by atoms with E-state index < -0.39 is 0 Å². The number of nitrogens with one attached hydrogen (secondary N) is 1. The van der Waals surface area contributed by atoms with Crippen molar-refractivity contribution >= 4 is 35.1 Å². The highest BCUT2D eigenvalue weighted by molar-refractivity contribution is 7.98. The first-order chi connectivity index (χ1) is 16.0. The number of carbonyl (C=O) groups is 1. The molecule has 1 atom stereocenters. The fraction of sp³-hybridized carbons (Fsp3) is 0.560. The minimum absolute atomic E-state index is 0.0112. The molecule has 0 saturated carbocycles. The van der Waals surface area contributed by atoms with Crippen molar-refractivity contribution in [3.63, 3.8) is 0 Å². The highest BCUT2D eigenvalue weighted by Gasteiger charge is 2.17. The summed E-state index contributed by atoms with van der Waals surface area (Å²) in [6.07, 6.45) is 4.91. The molecule has 6 nitrogen and oxygen atoms in total. The molecule has 0 aliphatic carbocycles. The van der Waals surface area contributed by atoms with Gasteiger partial charge in [0.1, 0.15) is 11.0 Å². The van der Waals surface area contributed by atoms with Crippen LogP contribution in [0.15, 0.2) is 35.5 Å². The van der Waals surface area contributed by atoms with E-state index in [4.69, 9.17) is 11.6 Å². The molecule has 1 aromatic carbocycles. The Morgan fingerprint density at radius 1 is 1.21 bits per heavy atom. The Labute approximate surface area is 207 Å². The zero-order valence-electron chi connectivity index (χ0n) is 20.0. The van der Waals surface area contributed by atoms with Crippen LogP contribution in [0.5, 0.6) is 0 Å². The van der Waals surface area contributed by atoms with Crippen LogP contribution in [0.3, 0.4) is 0 Å². The van der Waals surface area contributed by atoms with E-state index in [9.17, 15) is 4.79 Å². The van der Waals surface area contributed by atoms with Gasteiger partial charge in [0, 0.05) is 49.6 Å². The number of halogens is 1. The molecule has 2 heterocycles. The van der Waals surface area contributed by atoms with Gasteiger partial charge in [-0.3, -0.25) is 4.79 Å². The summed E-state index contributed by atoms with van der Waals surface area (Å²) in [6.45, 7) is 11.2. The van der Waals surface area contributed by atoms with E-state index in [0.717, 1.165) is 37.4 Å². The molecule has 0 radical (unpaired) electrons. The first-order valence-corrected chi connectivity index (χ1v) is 13.4. The van der Waals surface area contributed by atoms with Gasteiger partial charge in [-0.2, -0.15) is 0 Å². The summed E-state index contributed by atoms with van der Waals surface area (Å²) in [7, 11) is 0. The van der Waals surface area contributed by atoms with E-state index in [1.54, 1.807) is 17.8 Å². The van der Waals surface area contributed by atoms with Crippen molar-refractivity contribution in [3.05, 3.63) is 46.6 Å². The van der Waals surface area contributed by atoms with Crippen molar-refractivity contribution in [1.82, 2.24) is 20.2 Å². The van der Waals surface area contributed by atoms with Crippen LogP contribution in [-0.2, 0) is 5.75 Å². The topological polar surface area (TPSA) is 61.4 Å². The Morgan fingerprint density at radius 2 is 1.97 bits per heavy atom. The van der Waals surface area contributed by atoms with Gasteiger partial charge in [-0.1, -0.05) is 41.9 Å². The Bertz CT molecular complexity index is 891. The molecule has 0 bridgehead atoms. The fourth-order valence-electron chi connectivity index (χ4n) is 4.14. The Balaban J connectivity index is 1.45. The molecule has 1 unspecified atom stereocenters. The third-order valence-electron chi connectivity index (χ3n) is 6.18. The molecule has 8 heteroatoms. The van der Waals surface area contributed by atoms with Gasteiger partial charge in [-0.25, -0.2) is 9.97 Å². The summed E-state index contributed by atoms with van der Waals surface area (Å²) >= 11 is 7.76. The van der Waals surface area contributed by atoms with Gasteiger partial charge in [-0.15, -0.1) is 0 Å². The summed E-state index contributed by atoms with van der Waals surface area (Å²) < 4.78 is 0. The molecule has 1 aliphatic rings. The van der Waals surface area contributed by atoms with Crippen LogP contribution >= 0.6 is 23.4 Å². The maximum Gasteiger partial charge on any atom is 0.251 e. The van der Waals surface area contributed by atoms with Crippen LogP contribution in [0, 0.1) is 0 Å². The van der Waals surface area contributed by atoms with Crippen LogP contribution in [0.25, 0.3) is 0 Å². The molecule has 3 rings (SSSR count). The molecule has 0 spiro atoms. The molecule has 1 fully saturated rings. The van der Waals surface area contributed by atoms with Gasteiger partial charge in [0.05, 0.1) is 0 Å². The molecular weight excluding hydrogens is 454 g/mol. The van der Waals surface area contributed by atoms with Gasteiger partial charge in [-0.05, 0) is 64.3 Å². The number of anilines is 1. The SMILES string of the molecule is CCN(CC)c1cc(Cl)nc(SCc2ccc(C(=O)NCCCN3CCCCC3C)cc2)n1. The summed E-state index contributed by atoms with van der Waals surface area (Å²) in [5, 5.41) is 4.17. The zero-order valence-corrected chi connectivity index (χ0v) is 21.6. The number of nitrogens with zero attached hydrogens (tertiary/aromatic N) is 4. The number of likely N-dealkylation sites (tertiary alicyclic amines) is 1. The van der Waals surface area contributed by atoms with E-state index >= 15 is 0 Å². The number of aromatic nitrogens is 2. The second-order valence-electron chi connectivity index (χ2n) is 8.48. The molecule has 180 valence electrons. The third kappa shape index (κ3) is 7.87. The van der Waals surface area contributed by atoms with E-state index in [0.29, 0.717) is 34.2 Å². The Kier molecular flexibility index (Phi) is 10.3. The van der Waals surface area contributed by atoms with Crippen molar-refractivity contribution in [2.75, 3.05) is 37.6 Å². The third-order valence-corrected chi connectivity index (χ3v) is 7.29. The number of benzene rings is 1. The summed E-state index contributed by atoms with van der Waals surface area (Å²) in [4.78, 5) is 26.2. The molecule has 1 aromatic heterocycles. The number of thioether (sulfide) groups is 1. The summed E-state index contributed by atoms with van der Waals surface area (Å²) in [6, 6.07) is 10.2. The molecule has 1 N–H and O–H groups in total. The maximum absolute atomic E-state index is 12.5. The van der Waals surface area contributed by atoms with Crippen LogP contribution < -0.4 is 10.2 Å². The smallest absolute Gasteiger partial charge is 0.251 e. The quantitative estimate of drug-likeness (QED) is 0.201. The summed E-state index contributed by atoms with van der Waals surface area (Å²) in [5.41, 5.74) is 1.81. The zero-order chi connectivity index (χ0) is 23.6. The standard InChI is InChI=1S/C25H36ClN5OS/c1-4-30(5-2)23-17-22(26)28-25(29-23)33-18-20-10-12-21(13-11-20)24(32)27-14-8-16-31-15-7-6-9-19(31)3/h10-13,17,19H,4-9,14-16,18H2,1-3H3,(H,27,32).